The Hall–Kier alpha value is -1.36. The van der Waals surface area contributed by atoms with Gasteiger partial charge >= 0.3 is 0 Å². The van der Waals surface area contributed by atoms with Gasteiger partial charge in [-0.05, 0) is 38.3 Å². The van der Waals surface area contributed by atoms with Crippen molar-refractivity contribution < 1.29 is 17.9 Å². The maximum atomic E-state index is 11.6. The quantitative estimate of drug-likeness (QED) is 0.801. The highest BCUT2D eigenvalue weighted by Crippen LogP contribution is 2.29. The van der Waals surface area contributed by atoms with Crippen molar-refractivity contribution in [2.75, 3.05) is 6.26 Å². The van der Waals surface area contributed by atoms with Gasteiger partial charge < -0.3 is 4.74 Å². The second kappa shape index (κ2) is 5.95. The van der Waals surface area contributed by atoms with Gasteiger partial charge in [0, 0.05) is 12.7 Å². The average Bonchev–Trinajstić information content (AvgIpc) is 2.38. The lowest BCUT2D eigenvalue weighted by atomic mass is 9.97. The fraction of sp³-hybridized carbons (Fsp3) is 0.533. The Kier molecular flexibility index (Phi) is 4.48. The third kappa shape index (κ3) is 3.60. The zero-order chi connectivity index (χ0) is 14.8. The van der Waals surface area contributed by atoms with Crippen molar-refractivity contribution in [2.24, 2.45) is 0 Å². The molecule has 110 valence electrons. The van der Waals surface area contributed by atoms with Gasteiger partial charge in [-0.25, -0.2) is 8.42 Å². The molecule has 0 radical (unpaired) electrons. The summed E-state index contributed by atoms with van der Waals surface area (Å²) >= 11 is 0. The summed E-state index contributed by atoms with van der Waals surface area (Å²) in [6.07, 6.45) is 4.02. The number of para-hydroxylation sites is 1. The number of benzene rings is 1. The molecule has 2 unspecified atom stereocenters. The summed E-state index contributed by atoms with van der Waals surface area (Å²) in [6.45, 7) is 1.50. The largest absolute Gasteiger partial charge is 0.490 e. The molecule has 1 fully saturated rings. The molecule has 2 atom stereocenters. The van der Waals surface area contributed by atoms with E-state index in [0.717, 1.165) is 12.8 Å². The van der Waals surface area contributed by atoms with E-state index in [1.165, 1.54) is 13.2 Å². The zero-order valence-electron chi connectivity index (χ0n) is 11.8. The highest BCUT2D eigenvalue weighted by atomic mass is 32.2. The van der Waals surface area contributed by atoms with Crippen LogP contribution in [0.1, 0.15) is 43.0 Å². The third-order valence-electron chi connectivity index (χ3n) is 3.74. The Morgan fingerprint density at radius 3 is 2.60 bits per heavy atom. The van der Waals surface area contributed by atoms with Gasteiger partial charge in [0.05, 0.1) is 16.9 Å². The summed E-state index contributed by atoms with van der Waals surface area (Å²) in [4.78, 5) is 11.6. The van der Waals surface area contributed by atoms with Crippen LogP contribution < -0.4 is 4.74 Å². The summed E-state index contributed by atoms with van der Waals surface area (Å²) in [6, 6.07) is 7.11. The molecule has 2 rings (SSSR count). The summed E-state index contributed by atoms with van der Waals surface area (Å²) in [5, 5.41) is -0.328. The Morgan fingerprint density at radius 1 is 1.25 bits per heavy atom. The van der Waals surface area contributed by atoms with Crippen LogP contribution in [0.15, 0.2) is 24.3 Å². The molecular formula is C15H20O4S. The minimum absolute atomic E-state index is 0.0453. The Bertz CT molecular complexity index is 592. The van der Waals surface area contributed by atoms with E-state index in [4.69, 9.17) is 4.74 Å². The molecule has 0 saturated heterocycles. The van der Waals surface area contributed by atoms with E-state index in [9.17, 15) is 13.2 Å². The normalized spacial score (nSPS) is 23.3. The molecule has 0 spiro atoms. The summed E-state index contributed by atoms with van der Waals surface area (Å²) in [5.74, 6) is 0.509. The Balaban J connectivity index is 2.12. The van der Waals surface area contributed by atoms with E-state index in [-0.39, 0.29) is 17.1 Å². The van der Waals surface area contributed by atoms with Crippen LogP contribution in [0, 0.1) is 0 Å². The first-order valence-corrected chi connectivity index (χ1v) is 8.79. The van der Waals surface area contributed by atoms with Crippen LogP contribution in [0.25, 0.3) is 0 Å². The molecule has 0 bridgehead atoms. The Morgan fingerprint density at radius 2 is 1.95 bits per heavy atom. The lowest BCUT2D eigenvalue weighted by molar-refractivity contribution is 0.100. The number of hydrogen-bond donors (Lipinski definition) is 0. The van der Waals surface area contributed by atoms with Crippen molar-refractivity contribution in [3.63, 3.8) is 0 Å². The third-order valence-corrected chi connectivity index (χ3v) is 5.38. The van der Waals surface area contributed by atoms with E-state index in [2.05, 4.69) is 0 Å². The van der Waals surface area contributed by atoms with Gasteiger partial charge in [0.1, 0.15) is 15.6 Å². The first kappa shape index (κ1) is 15.0. The molecular weight excluding hydrogens is 276 g/mol. The molecule has 1 aromatic carbocycles. The van der Waals surface area contributed by atoms with E-state index < -0.39 is 9.84 Å². The molecule has 20 heavy (non-hydrogen) atoms. The number of carbonyl (C=O) groups excluding carboxylic acids is 1. The fourth-order valence-electron chi connectivity index (χ4n) is 2.64. The highest BCUT2D eigenvalue weighted by Gasteiger charge is 2.30. The van der Waals surface area contributed by atoms with E-state index in [0.29, 0.717) is 24.2 Å². The van der Waals surface area contributed by atoms with Crippen LogP contribution >= 0.6 is 0 Å². The van der Waals surface area contributed by atoms with Crippen molar-refractivity contribution in [3.05, 3.63) is 29.8 Å². The molecule has 0 amide bonds. The average molecular weight is 296 g/mol. The number of ketones is 1. The molecule has 0 heterocycles. The molecule has 0 aromatic heterocycles. The van der Waals surface area contributed by atoms with Gasteiger partial charge in [-0.1, -0.05) is 12.1 Å². The molecule has 0 N–H and O–H groups in total. The molecule has 1 saturated carbocycles. The maximum Gasteiger partial charge on any atom is 0.163 e. The summed E-state index contributed by atoms with van der Waals surface area (Å²) < 4.78 is 29.2. The fourth-order valence-corrected chi connectivity index (χ4v) is 3.80. The predicted octanol–water partition coefficient (Wildman–Crippen LogP) is 2.62. The van der Waals surface area contributed by atoms with Crippen molar-refractivity contribution >= 4 is 15.6 Å². The first-order chi connectivity index (χ1) is 9.38. The zero-order valence-corrected chi connectivity index (χ0v) is 12.7. The second-order valence-corrected chi connectivity index (χ2v) is 7.74. The van der Waals surface area contributed by atoms with Crippen molar-refractivity contribution in [1.29, 1.82) is 0 Å². The first-order valence-electron chi connectivity index (χ1n) is 6.83. The van der Waals surface area contributed by atoms with Crippen LogP contribution in [0.5, 0.6) is 5.75 Å². The monoisotopic (exact) mass is 296 g/mol. The molecule has 5 heteroatoms. The van der Waals surface area contributed by atoms with Gasteiger partial charge in [0.2, 0.25) is 0 Å². The maximum absolute atomic E-state index is 11.6. The van der Waals surface area contributed by atoms with Crippen LogP contribution in [0.3, 0.4) is 0 Å². The van der Waals surface area contributed by atoms with Crippen molar-refractivity contribution in [3.8, 4) is 5.75 Å². The lowest BCUT2D eigenvalue weighted by Crippen LogP contribution is -2.33. The van der Waals surface area contributed by atoms with Crippen LogP contribution in [0.2, 0.25) is 0 Å². The molecule has 1 aliphatic carbocycles. The number of hydrogen-bond acceptors (Lipinski definition) is 4. The van der Waals surface area contributed by atoms with Gasteiger partial charge in [-0.3, -0.25) is 4.79 Å². The van der Waals surface area contributed by atoms with Crippen molar-refractivity contribution in [2.45, 2.75) is 44.0 Å². The van der Waals surface area contributed by atoms with Gasteiger partial charge in [-0.2, -0.15) is 0 Å². The second-order valence-electron chi connectivity index (χ2n) is 5.41. The van der Waals surface area contributed by atoms with Crippen LogP contribution in [-0.2, 0) is 9.84 Å². The number of carbonyl (C=O) groups is 1. The highest BCUT2D eigenvalue weighted by molar-refractivity contribution is 7.91. The minimum Gasteiger partial charge on any atom is -0.490 e. The van der Waals surface area contributed by atoms with Gasteiger partial charge in [0.15, 0.2) is 5.78 Å². The predicted molar refractivity (Wildman–Crippen MR) is 78.0 cm³/mol. The topological polar surface area (TPSA) is 60.4 Å². The van der Waals surface area contributed by atoms with Gasteiger partial charge in [0.25, 0.3) is 0 Å². The number of rotatable bonds is 4. The molecule has 0 aliphatic heterocycles. The van der Waals surface area contributed by atoms with E-state index in [1.807, 2.05) is 6.07 Å². The van der Waals surface area contributed by atoms with Crippen molar-refractivity contribution in [1.82, 2.24) is 0 Å². The number of Topliss-reactive ketones (excluding diaryl/α,β-unsaturated/α-hetero) is 1. The summed E-state index contributed by atoms with van der Waals surface area (Å²) in [5.41, 5.74) is 0.550. The number of sulfone groups is 1. The molecule has 4 nitrogen and oxygen atoms in total. The smallest absolute Gasteiger partial charge is 0.163 e. The molecule has 1 aliphatic rings. The van der Waals surface area contributed by atoms with Crippen LogP contribution in [-0.4, -0.2) is 31.8 Å². The standard InChI is InChI=1S/C15H20O4S/c1-11(16)14-8-3-4-9-15(14)19-12-6-5-7-13(10-12)20(2,17)18/h3-4,8-9,12-13H,5-7,10H2,1-2H3. The van der Waals surface area contributed by atoms with E-state index in [1.54, 1.807) is 18.2 Å². The minimum atomic E-state index is -3.02. The Labute approximate surface area is 120 Å². The van der Waals surface area contributed by atoms with Crippen LogP contribution in [0.4, 0.5) is 0 Å². The molecule has 1 aromatic rings. The number of ether oxygens (including phenoxy) is 1. The van der Waals surface area contributed by atoms with Gasteiger partial charge in [-0.15, -0.1) is 0 Å². The summed E-state index contributed by atoms with van der Waals surface area (Å²) in [7, 11) is -3.02. The van der Waals surface area contributed by atoms with E-state index >= 15 is 0 Å². The lowest BCUT2D eigenvalue weighted by Gasteiger charge is -2.29. The SMILES string of the molecule is CC(=O)c1ccccc1OC1CCCC(S(C)(=O)=O)C1.